The maximum absolute atomic E-state index is 5.93. The van der Waals surface area contributed by atoms with E-state index >= 15 is 0 Å². The van der Waals surface area contributed by atoms with Gasteiger partial charge in [0.05, 0.1) is 34.0 Å². The van der Waals surface area contributed by atoms with Crippen LogP contribution < -0.4 is 16.8 Å². The number of aliphatic imine (C=N–C) groups is 1. The molecular weight excluding hydrogens is 324 g/mol. The molecule has 1 atom stereocenters. The van der Waals surface area contributed by atoms with E-state index in [1.54, 1.807) is 12.1 Å². The summed E-state index contributed by atoms with van der Waals surface area (Å²) in [5.74, 6) is 0.961. The van der Waals surface area contributed by atoms with Gasteiger partial charge in [-0.3, -0.25) is 0 Å². The molecular formula is C20H20N6. The van der Waals surface area contributed by atoms with Crippen molar-refractivity contribution in [2.45, 2.75) is 18.9 Å². The molecule has 1 aliphatic heterocycles. The second-order valence-electron chi connectivity index (χ2n) is 6.60. The summed E-state index contributed by atoms with van der Waals surface area (Å²) in [6.45, 7) is 2.10. The normalized spacial score (nSPS) is 19.0. The fourth-order valence-electron chi connectivity index (χ4n) is 3.21. The summed E-state index contributed by atoms with van der Waals surface area (Å²) in [7, 11) is 0. The molecule has 1 aliphatic rings. The van der Waals surface area contributed by atoms with Crippen LogP contribution in [0, 0.1) is 0 Å². The molecule has 3 aromatic rings. The Hall–Kier alpha value is -3.41. The minimum Gasteiger partial charge on any atom is -0.384 e. The third kappa shape index (κ3) is 2.97. The van der Waals surface area contributed by atoms with Gasteiger partial charge in [-0.15, -0.1) is 0 Å². The van der Waals surface area contributed by atoms with Crippen LogP contribution in [0.3, 0.4) is 0 Å². The number of para-hydroxylation sites is 2. The van der Waals surface area contributed by atoms with Crippen LogP contribution >= 0.6 is 0 Å². The summed E-state index contributed by atoms with van der Waals surface area (Å²) >= 11 is 0. The van der Waals surface area contributed by atoms with Gasteiger partial charge in [-0.05, 0) is 43.3 Å². The molecule has 130 valence electrons. The lowest BCUT2D eigenvalue weighted by molar-refractivity contribution is 0.552. The molecule has 1 unspecified atom stereocenters. The standard InChI is InChI=1S/C20H20N6/c1-20(17-9-5-11-19(22)25-17)12-16(14-8-4-10-18(21)24-14)23-13-6-2-3-7-15(13)26-20/h2-11,26H,12H2,1H3,(H2,21,24)(H2,22,25). The fraction of sp³-hybridized carbons (Fsp3) is 0.150. The number of pyridine rings is 2. The quantitative estimate of drug-likeness (QED) is 0.660. The highest BCUT2D eigenvalue weighted by Crippen LogP contribution is 2.38. The van der Waals surface area contributed by atoms with Crippen LogP contribution in [0.15, 0.2) is 65.7 Å². The molecule has 0 bridgehead atoms. The lowest BCUT2D eigenvalue weighted by atomic mass is 9.89. The Morgan fingerprint density at radius 2 is 1.62 bits per heavy atom. The predicted molar refractivity (Wildman–Crippen MR) is 106 cm³/mol. The van der Waals surface area contributed by atoms with E-state index in [0.717, 1.165) is 28.5 Å². The number of fused-ring (bicyclic) bond motifs is 1. The Bertz CT molecular complexity index is 997. The second-order valence-corrected chi connectivity index (χ2v) is 6.60. The molecule has 3 heterocycles. The maximum Gasteiger partial charge on any atom is 0.124 e. The van der Waals surface area contributed by atoms with Crippen molar-refractivity contribution in [1.29, 1.82) is 0 Å². The fourth-order valence-corrected chi connectivity index (χ4v) is 3.21. The Morgan fingerprint density at radius 3 is 2.38 bits per heavy atom. The van der Waals surface area contributed by atoms with Gasteiger partial charge >= 0.3 is 0 Å². The van der Waals surface area contributed by atoms with Crippen molar-refractivity contribution in [3.05, 3.63) is 72.1 Å². The predicted octanol–water partition coefficient (Wildman–Crippen LogP) is 3.49. The number of hydrogen-bond donors (Lipinski definition) is 3. The first-order chi connectivity index (χ1) is 12.5. The van der Waals surface area contributed by atoms with E-state index in [1.807, 2.05) is 48.5 Å². The average Bonchev–Trinajstić information content (AvgIpc) is 2.78. The number of nitrogens with one attached hydrogen (secondary N) is 1. The summed E-state index contributed by atoms with van der Waals surface area (Å²) < 4.78 is 0. The third-order valence-corrected chi connectivity index (χ3v) is 4.49. The van der Waals surface area contributed by atoms with Gasteiger partial charge in [-0.1, -0.05) is 24.3 Å². The monoisotopic (exact) mass is 344 g/mol. The van der Waals surface area contributed by atoms with Crippen molar-refractivity contribution in [1.82, 2.24) is 9.97 Å². The Balaban J connectivity index is 1.88. The molecule has 6 heteroatoms. The number of anilines is 3. The minimum absolute atomic E-state index is 0.472. The largest absolute Gasteiger partial charge is 0.384 e. The smallest absolute Gasteiger partial charge is 0.124 e. The number of nitrogens with two attached hydrogens (primary N) is 2. The molecule has 0 aliphatic carbocycles. The maximum atomic E-state index is 5.93. The van der Waals surface area contributed by atoms with Gasteiger partial charge in [0.25, 0.3) is 0 Å². The van der Waals surface area contributed by atoms with Gasteiger partial charge in [-0.2, -0.15) is 0 Å². The van der Waals surface area contributed by atoms with Gasteiger partial charge in [0.1, 0.15) is 11.6 Å². The number of aromatic nitrogens is 2. The highest BCUT2D eigenvalue weighted by molar-refractivity contribution is 6.03. The second kappa shape index (κ2) is 6.15. The highest BCUT2D eigenvalue weighted by atomic mass is 15.1. The molecule has 2 aromatic heterocycles. The van der Waals surface area contributed by atoms with Gasteiger partial charge < -0.3 is 16.8 Å². The van der Waals surface area contributed by atoms with Gasteiger partial charge in [0.2, 0.25) is 0 Å². The lowest BCUT2D eigenvalue weighted by Crippen LogP contribution is -2.35. The zero-order valence-corrected chi connectivity index (χ0v) is 14.5. The van der Waals surface area contributed by atoms with Crippen molar-refractivity contribution in [3.8, 4) is 0 Å². The van der Waals surface area contributed by atoms with E-state index in [1.165, 1.54) is 0 Å². The van der Waals surface area contributed by atoms with E-state index < -0.39 is 5.54 Å². The summed E-state index contributed by atoms with van der Waals surface area (Å²) in [6, 6.07) is 19.2. The summed E-state index contributed by atoms with van der Waals surface area (Å²) in [4.78, 5) is 13.9. The van der Waals surface area contributed by atoms with Crippen molar-refractivity contribution in [3.63, 3.8) is 0 Å². The van der Waals surface area contributed by atoms with Crippen molar-refractivity contribution in [2.24, 2.45) is 4.99 Å². The molecule has 6 nitrogen and oxygen atoms in total. The number of hydrogen-bond acceptors (Lipinski definition) is 6. The van der Waals surface area contributed by atoms with E-state index in [0.29, 0.717) is 18.1 Å². The van der Waals surface area contributed by atoms with Crippen LogP contribution in [0.4, 0.5) is 23.0 Å². The van der Waals surface area contributed by atoms with Crippen molar-refractivity contribution < 1.29 is 0 Å². The Labute approximate surface area is 152 Å². The zero-order chi connectivity index (χ0) is 18.1. The SMILES string of the molecule is CC1(c2cccc(N)n2)CC(c2cccc(N)n2)=Nc2ccccc2N1. The van der Waals surface area contributed by atoms with Gasteiger partial charge in [0.15, 0.2) is 0 Å². The Morgan fingerprint density at radius 1 is 0.885 bits per heavy atom. The molecule has 5 N–H and O–H groups in total. The van der Waals surface area contributed by atoms with E-state index in [2.05, 4.69) is 22.2 Å². The molecule has 0 amide bonds. The topological polar surface area (TPSA) is 102 Å². The molecule has 1 aromatic carbocycles. The number of nitrogen functional groups attached to an aromatic ring is 2. The van der Waals surface area contributed by atoms with Gasteiger partial charge in [-0.25, -0.2) is 15.0 Å². The molecule has 0 radical (unpaired) electrons. The molecule has 0 saturated carbocycles. The molecule has 4 rings (SSSR count). The summed E-state index contributed by atoms with van der Waals surface area (Å²) in [5.41, 5.74) is 15.6. The summed E-state index contributed by atoms with van der Waals surface area (Å²) in [6.07, 6.45) is 0.592. The van der Waals surface area contributed by atoms with E-state index in [-0.39, 0.29) is 0 Å². The van der Waals surface area contributed by atoms with E-state index in [4.69, 9.17) is 16.5 Å². The van der Waals surface area contributed by atoms with Crippen LogP contribution in [-0.2, 0) is 5.54 Å². The van der Waals surface area contributed by atoms with Crippen LogP contribution in [0.5, 0.6) is 0 Å². The first-order valence-electron chi connectivity index (χ1n) is 8.44. The first-order valence-corrected chi connectivity index (χ1v) is 8.44. The van der Waals surface area contributed by atoms with Crippen LogP contribution in [-0.4, -0.2) is 15.7 Å². The van der Waals surface area contributed by atoms with Crippen LogP contribution in [0.2, 0.25) is 0 Å². The first kappa shape index (κ1) is 16.1. The van der Waals surface area contributed by atoms with Crippen molar-refractivity contribution >= 4 is 28.7 Å². The molecule has 26 heavy (non-hydrogen) atoms. The van der Waals surface area contributed by atoms with Crippen molar-refractivity contribution in [2.75, 3.05) is 16.8 Å². The minimum atomic E-state index is -0.493. The van der Waals surface area contributed by atoms with Crippen LogP contribution in [0.25, 0.3) is 0 Å². The Kier molecular flexibility index (Phi) is 3.80. The number of benzene rings is 1. The third-order valence-electron chi connectivity index (χ3n) is 4.49. The zero-order valence-electron chi connectivity index (χ0n) is 14.5. The summed E-state index contributed by atoms with van der Waals surface area (Å²) in [5, 5.41) is 3.60. The number of rotatable bonds is 2. The molecule has 0 spiro atoms. The number of nitrogens with zero attached hydrogens (tertiary/aromatic N) is 3. The lowest BCUT2D eigenvalue weighted by Gasteiger charge is -2.30. The highest BCUT2D eigenvalue weighted by Gasteiger charge is 2.33. The molecule has 0 saturated heterocycles. The molecule has 0 fully saturated rings. The van der Waals surface area contributed by atoms with Gasteiger partial charge in [0, 0.05) is 6.42 Å². The van der Waals surface area contributed by atoms with E-state index in [9.17, 15) is 0 Å². The average molecular weight is 344 g/mol. The van der Waals surface area contributed by atoms with Crippen LogP contribution in [0.1, 0.15) is 24.7 Å².